The van der Waals surface area contributed by atoms with E-state index in [9.17, 15) is 5.26 Å². The van der Waals surface area contributed by atoms with Gasteiger partial charge in [0.15, 0.2) is 18.4 Å². The van der Waals surface area contributed by atoms with Crippen molar-refractivity contribution in [2.24, 2.45) is 5.16 Å². The number of hydrogen-bond donors (Lipinski definition) is 0. The molecule has 0 radical (unpaired) electrons. The lowest BCUT2D eigenvalue weighted by Gasteiger charge is -2.29. The van der Waals surface area contributed by atoms with Crippen LogP contribution < -0.4 is 9.32 Å². The smallest absolute Gasteiger partial charge is 0.221 e. The van der Waals surface area contributed by atoms with Gasteiger partial charge in [-0.05, 0) is 18.1 Å². The first-order chi connectivity index (χ1) is 9.80. The Balaban J connectivity index is 2.11. The molecule has 0 bridgehead atoms. The number of allylic oxidation sites excluding steroid dienone is 3. The first-order valence-electron chi connectivity index (χ1n) is 6.24. The van der Waals surface area contributed by atoms with Gasteiger partial charge in [-0.15, -0.1) is 6.42 Å². The molecule has 1 aromatic rings. The molecule has 20 heavy (non-hydrogen) atoms. The minimum Gasteiger partial charge on any atom is -0.357 e. The second-order valence-corrected chi connectivity index (χ2v) is 4.61. The Bertz CT molecular complexity index is 731. The van der Waals surface area contributed by atoms with Crippen LogP contribution in [0.2, 0.25) is 0 Å². The summed E-state index contributed by atoms with van der Waals surface area (Å²) in [6.45, 7) is 0.406. The molecule has 2 heterocycles. The molecule has 1 unspecified atom stereocenters. The maximum absolute atomic E-state index is 9.34. The lowest BCUT2D eigenvalue weighted by atomic mass is 10.1. The standard InChI is InChI=1S/C16H12N3O/c1-2-9-19(10-3-4-15(19)12-17)14-5-6-16-13(11-14)7-8-18-20-16/h1,3-6,8,10-11H,7,9H2/q+1. The highest BCUT2D eigenvalue weighted by atomic mass is 16.6. The molecule has 1 aromatic carbocycles. The number of terminal acetylenes is 1. The van der Waals surface area contributed by atoms with Crippen molar-refractivity contribution in [2.45, 2.75) is 6.42 Å². The maximum Gasteiger partial charge on any atom is 0.221 e. The summed E-state index contributed by atoms with van der Waals surface area (Å²) in [5, 5.41) is 13.1. The summed E-state index contributed by atoms with van der Waals surface area (Å²) in [5.74, 6) is 3.42. The van der Waals surface area contributed by atoms with Crippen LogP contribution in [0.4, 0.5) is 5.69 Å². The number of benzene rings is 1. The molecule has 0 aliphatic carbocycles. The molecule has 4 heteroatoms. The summed E-state index contributed by atoms with van der Waals surface area (Å²) in [6, 6.07) is 8.06. The molecule has 96 valence electrons. The van der Waals surface area contributed by atoms with Crippen LogP contribution in [0.5, 0.6) is 5.75 Å². The second kappa shape index (κ2) is 4.70. The molecule has 0 saturated carbocycles. The van der Waals surface area contributed by atoms with Crippen molar-refractivity contribution in [2.75, 3.05) is 6.54 Å². The van der Waals surface area contributed by atoms with Crippen molar-refractivity contribution in [3.63, 3.8) is 0 Å². The Morgan fingerprint density at radius 2 is 2.35 bits per heavy atom. The highest BCUT2D eigenvalue weighted by Crippen LogP contribution is 2.36. The maximum atomic E-state index is 9.34. The molecule has 3 rings (SSSR count). The van der Waals surface area contributed by atoms with Crippen LogP contribution in [0, 0.1) is 23.7 Å². The fraction of sp³-hybridized carbons (Fsp3) is 0.125. The van der Waals surface area contributed by atoms with Crippen LogP contribution in [0.15, 0.2) is 47.4 Å². The minimum absolute atomic E-state index is 0.261. The minimum atomic E-state index is 0.261. The average molecular weight is 262 g/mol. The summed E-state index contributed by atoms with van der Waals surface area (Å²) < 4.78 is 0.261. The van der Waals surface area contributed by atoms with E-state index in [1.807, 2.05) is 30.5 Å². The van der Waals surface area contributed by atoms with Gasteiger partial charge < -0.3 is 4.84 Å². The third kappa shape index (κ3) is 1.72. The molecule has 0 N–H and O–H groups in total. The van der Waals surface area contributed by atoms with Gasteiger partial charge in [0.05, 0.1) is 0 Å². The third-order valence-electron chi connectivity index (χ3n) is 3.52. The van der Waals surface area contributed by atoms with Crippen LogP contribution in [-0.2, 0) is 6.42 Å². The number of hydrogen-bond acceptors (Lipinski definition) is 3. The number of rotatable bonds is 2. The highest BCUT2D eigenvalue weighted by Gasteiger charge is 2.36. The van der Waals surface area contributed by atoms with Crippen LogP contribution in [-0.4, -0.2) is 12.8 Å². The first kappa shape index (κ1) is 12.2. The highest BCUT2D eigenvalue weighted by molar-refractivity contribution is 5.68. The second-order valence-electron chi connectivity index (χ2n) is 4.61. The van der Waals surface area contributed by atoms with E-state index in [2.05, 4.69) is 17.1 Å². The SMILES string of the molecule is C#CC[N+]1(c2ccc3c(c2)CC=NO3)C=CC=C1C#N. The Kier molecular flexibility index (Phi) is 2.87. The van der Waals surface area contributed by atoms with Gasteiger partial charge in [0, 0.05) is 36.4 Å². The zero-order valence-corrected chi connectivity index (χ0v) is 10.8. The van der Waals surface area contributed by atoms with Crippen LogP contribution in [0.25, 0.3) is 0 Å². The zero-order valence-electron chi connectivity index (χ0n) is 10.8. The Labute approximate surface area is 117 Å². The van der Waals surface area contributed by atoms with Gasteiger partial charge in [0.2, 0.25) is 5.70 Å². The summed E-state index contributed by atoms with van der Waals surface area (Å²) in [5.41, 5.74) is 2.63. The first-order valence-corrected chi connectivity index (χ1v) is 6.24. The zero-order chi connectivity index (χ0) is 14.0. The monoisotopic (exact) mass is 262 g/mol. The lowest BCUT2D eigenvalue weighted by molar-refractivity contribution is 0.333. The van der Waals surface area contributed by atoms with Crippen LogP contribution in [0.3, 0.4) is 0 Å². The average Bonchev–Trinajstić information content (AvgIpc) is 2.91. The molecule has 2 aliphatic rings. The Hall–Kier alpha value is -2.82. The topological polar surface area (TPSA) is 45.4 Å². The third-order valence-corrected chi connectivity index (χ3v) is 3.52. The summed E-state index contributed by atoms with van der Waals surface area (Å²) in [4.78, 5) is 5.21. The fourth-order valence-corrected chi connectivity index (χ4v) is 2.51. The predicted molar refractivity (Wildman–Crippen MR) is 77.6 cm³/mol. The van der Waals surface area contributed by atoms with Crippen molar-refractivity contribution in [1.82, 2.24) is 4.48 Å². The van der Waals surface area contributed by atoms with Gasteiger partial charge >= 0.3 is 0 Å². The van der Waals surface area contributed by atoms with Crippen LogP contribution in [0.1, 0.15) is 5.56 Å². The van der Waals surface area contributed by atoms with E-state index >= 15 is 0 Å². The van der Waals surface area contributed by atoms with Crippen molar-refractivity contribution in [3.8, 4) is 24.2 Å². The van der Waals surface area contributed by atoms with Crippen molar-refractivity contribution >= 4 is 11.9 Å². The molecule has 0 fully saturated rings. The largest absolute Gasteiger partial charge is 0.357 e. The molecule has 0 amide bonds. The number of quaternary nitrogens is 1. The molecule has 2 aliphatic heterocycles. The van der Waals surface area contributed by atoms with E-state index in [1.54, 1.807) is 12.3 Å². The molecule has 0 spiro atoms. The van der Waals surface area contributed by atoms with Gasteiger partial charge in [0.25, 0.3) is 0 Å². The van der Waals surface area contributed by atoms with Gasteiger partial charge in [-0.1, -0.05) is 5.16 Å². The van der Waals surface area contributed by atoms with Crippen molar-refractivity contribution in [3.05, 3.63) is 47.8 Å². The Morgan fingerprint density at radius 3 is 3.15 bits per heavy atom. The molecular formula is C16H12N3O+. The predicted octanol–water partition coefficient (Wildman–Crippen LogP) is 2.48. The summed E-state index contributed by atoms with van der Waals surface area (Å²) >= 11 is 0. The van der Waals surface area contributed by atoms with E-state index in [0.717, 1.165) is 17.0 Å². The fourth-order valence-electron chi connectivity index (χ4n) is 2.51. The summed E-state index contributed by atoms with van der Waals surface area (Å²) in [6.07, 6.45) is 13.6. The number of nitriles is 1. The number of fused-ring (bicyclic) bond motifs is 1. The lowest BCUT2D eigenvalue weighted by Crippen LogP contribution is -2.41. The molecule has 0 aromatic heterocycles. The van der Waals surface area contributed by atoms with E-state index in [-0.39, 0.29) is 4.48 Å². The van der Waals surface area contributed by atoms with Crippen LogP contribution >= 0.6 is 0 Å². The van der Waals surface area contributed by atoms with Gasteiger partial charge in [-0.25, -0.2) is 4.48 Å². The van der Waals surface area contributed by atoms with E-state index < -0.39 is 0 Å². The normalized spacial score (nSPS) is 22.4. The molecule has 4 nitrogen and oxygen atoms in total. The van der Waals surface area contributed by atoms with Gasteiger partial charge in [-0.2, -0.15) is 5.26 Å². The van der Waals surface area contributed by atoms with E-state index in [1.165, 1.54) is 0 Å². The molecular weight excluding hydrogens is 250 g/mol. The molecule has 1 atom stereocenters. The van der Waals surface area contributed by atoms with Gasteiger partial charge in [-0.3, -0.25) is 0 Å². The van der Waals surface area contributed by atoms with Crippen molar-refractivity contribution in [1.29, 1.82) is 5.26 Å². The number of nitrogens with zero attached hydrogens (tertiary/aromatic N) is 3. The Morgan fingerprint density at radius 1 is 1.45 bits per heavy atom. The van der Waals surface area contributed by atoms with Gasteiger partial charge in [0.1, 0.15) is 11.9 Å². The molecule has 0 saturated heterocycles. The summed E-state index contributed by atoms with van der Waals surface area (Å²) in [7, 11) is 0. The number of oxime groups is 1. The van der Waals surface area contributed by atoms with E-state index in [4.69, 9.17) is 11.3 Å². The quantitative estimate of drug-likeness (QED) is 0.607. The van der Waals surface area contributed by atoms with E-state index in [0.29, 0.717) is 18.7 Å². The van der Waals surface area contributed by atoms with Crippen molar-refractivity contribution < 1.29 is 4.84 Å².